The highest BCUT2D eigenvalue weighted by Crippen LogP contribution is 2.29. The number of ketones is 1. The van der Waals surface area contributed by atoms with E-state index in [1.54, 1.807) is 0 Å². The van der Waals surface area contributed by atoms with Crippen LogP contribution in [0.3, 0.4) is 0 Å². The second kappa shape index (κ2) is 9.35. The minimum absolute atomic E-state index is 0.0677. The first-order valence-electron chi connectivity index (χ1n) is 10.5. The maximum atomic E-state index is 14.6. The zero-order valence-electron chi connectivity index (χ0n) is 18.6. The molecule has 0 amide bonds. The highest BCUT2D eigenvalue weighted by atomic mass is 19.1. The van der Waals surface area contributed by atoms with Crippen LogP contribution in [0.25, 0.3) is 11.0 Å². The largest absolute Gasteiger partial charge is 0.395 e. The standard InChI is InChI=1S/C23H36FN3O2/c1-14(2)10-15(18(25)13-28)8-7-9-19(29)21-17(24)11-16-12-20(23(3,4)5)27(6)22(16)26-21/h11-12,14-15,18,28H,7-10,13,25H2,1-6H3. The number of nitrogens with zero attached hydrogens (tertiary/aromatic N) is 2. The zero-order valence-corrected chi connectivity index (χ0v) is 18.6. The topological polar surface area (TPSA) is 81.1 Å². The Morgan fingerprint density at radius 3 is 2.52 bits per heavy atom. The monoisotopic (exact) mass is 405 g/mol. The van der Waals surface area contributed by atoms with Crippen LogP contribution in [0.4, 0.5) is 4.39 Å². The van der Waals surface area contributed by atoms with Gasteiger partial charge < -0.3 is 15.4 Å². The van der Waals surface area contributed by atoms with Crippen LogP contribution in [0.1, 0.15) is 76.5 Å². The van der Waals surface area contributed by atoms with E-state index >= 15 is 0 Å². The lowest BCUT2D eigenvalue weighted by Crippen LogP contribution is -2.34. The Labute approximate surface area is 173 Å². The summed E-state index contributed by atoms with van der Waals surface area (Å²) in [6.07, 6.45) is 2.45. The van der Waals surface area contributed by atoms with Crippen LogP contribution >= 0.6 is 0 Å². The van der Waals surface area contributed by atoms with Gasteiger partial charge in [-0.3, -0.25) is 4.79 Å². The Kier molecular flexibility index (Phi) is 7.57. The van der Waals surface area contributed by atoms with Crippen LogP contribution in [-0.4, -0.2) is 33.1 Å². The number of aryl methyl sites for hydroxylation is 1. The van der Waals surface area contributed by atoms with Gasteiger partial charge in [0.2, 0.25) is 0 Å². The van der Waals surface area contributed by atoms with Crippen LogP contribution in [0.15, 0.2) is 12.1 Å². The van der Waals surface area contributed by atoms with Crippen molar-refractivity contribution in [2.75, 3.05) is 6.61 Å². The molecule has 2 unspecified atom stereocenters. The van der Waals surface area contributed by atoms with E-state index in [0.29, 0.717) is 23.4 Å². The van der Waals surface area contributed by atoms with Crippen molar-refractivity contribution in [1.29, 1.82) is 0 Å². The van der Waals surface area contributed by atoms with Crippen LogP contribution in [-0.2, 0) is 12.5 Å². The molecule has 0 radical (unpaired) electrons. The third-order valence-corrected chi connectivity index (χ3v) is 5.56. The van der Waals surface area contributed by atoms with Gasteiger partial charge in [-0.25, -0.2) is 9.37 Å². The minimum atomic E-state index is -0.570. The molecule has 0 saturated heterocycles. The molecule has 0 aliphatic heterocycles. The van der Waals surface area contributed by atoms with Gasteiger partial charge in [0.15, 0.2) is 11.6 Å². The van der Waals surface area contributed by atoms with Crippen LogP contribution in [0.2, 0.25) is 0 Å². The number of aliphatic hydroxyl groups excluding tert-OH is 1. The van der Waals surface area contributed by atoms with Gasteiger partial charge in [-0.1, -0.05) is 34.6 Å². The molecule has 2 atom stereocenters. The summed E-state index contributed by atoms with van der Waals surface area (Å²) in [7, 11) is 1.90. The summed E-state index contributed by atoms with van der Waals surface area (Å²) in [6, 6.07) is 3.05. The SMILES string of the molecule is CC(C)CC(CCCC(=O)c1nc2c(cc1F)cc(C(C)(C)C)n2C)C(N)CO. The fourth-order valence-electron chi connectivity index (χ4n) is 4.05. The third-order valence-electron chi connectivity index (χ3n) is 5.56. The molecule has 0 aromatic carbocycles. The summed E-state index contributed by atoms with van der Waals surface area (Å²) in [6.45, 7) is 10.4. The molecule has 29 heavy (non-hydrogen) atoms. The fourth-order valence-corrected chi connectivity index (χ4v) is 4.05. The Morgan fingerprint density at radius 1 is 1.31 bits per heavy atom. The number of aliphatic hydroxyl groups is 1. The van der Waals surface area contributed by atoms with Gasteiger partial charge in [-0.05, 0) is 43.2 Å². The fraction of sp³-hybridized carbons (Fsp3) is 0.652. The van der Waals surface area contributed by atoms with Crippen molar-refractivity contribution in [2.45, 2.75) is 71.8 Å². The molecule has 0 fully saturated rings. The van der Waals surface area contributed by atoms with Crippen molar-refractivity contribution >= 4 is 16.8 Å². The number of carbonyl (C=O) groups excluding carboxylic acids is 1. The number of halogens is 1. The summed E-state index contributed by atoms with van der Waals surface area (Å²) in [5.74, 6) is -0.248. The first-order valence-corrected chi connectivity index (χ1v) is 10.5. The van der Waals surface area contributed by atoms with E-state index in [9.17, 15) is 14.3 Å². The van der Waals surface area contributed by atoms with Crippen molar-refractivity contribution in [3.63, 3.8) is 0 Å². The maximum absolute atomic E-state index is 14.6. The summed E-state index contributed by atoms with van der Waals surface area (Å²) in [5.41, 5.74) is 7.49. The molecule has 2 aromatic heterocycles. The molecular weight excluding hydrogens is 369 g/mol. The van der Waals surface area contributed by atoms with Crippen molar-refractivity contribution in [3.8, 4) is 0 Å². The van der Waals surface area contributed by atoms with Crippen LogP contribution < -0.4 is 5.73 Å². The summed E-state index contributed by atoms with van der Waals surface area (Å²) in [5, 5.41) is 10.1. The van der Waals surface area contributed by atoms with Crippen LogP contribution in [0, 0.1) is 17.7 Å². The lowest BCUT2D eigenvalue weighted by molar-refractivity contribution is 0.0966. The summed E-state index contributed by atoms with van der Waals surface area (Å²) < 4.78 is 16.5. The van der Waals surface area contributed by atoms with E-state index in [2.05, 4.69) is 39.6 Å². The highest BCUT2D eigenvalue weighted by Gasteiger charge is 2.23. The van der Waals surface area contributed by atoms with Gasteiger partial charge in [0.1, 0.15) is 11.3 Å². The summed E-state index contributed by atoms with van der Waals surface area (Å²) >= 11 is 0. The molecule has 2 rings (SSSR count). The molecule has 3 N–H and O–H groups in total. The Morgan fingerprint density at radius 2 is 1.97 bits per heavy atom. The molecule has 0 spiro atoms. The lowest BCUT2D eigenvalue weighted by atomic mass is 9.86. The van der Waals surface area contributed by atoms with Gasteiger partial charge in [-0.15, -0.1) is 0 Å². The van der Waals surface area contributed by atoms with E-state index < -0.39 is 5.82 Å². The molecule has 0 aliphatic rings. The number of fused-ring (bicyclic) bond motifs is 1. The van der Waals surface area contributed by atoms with Crippen molar-refractivity contribution in [1.82, 2.24) is 9.55 Å². The number of carbonyl (C=O) groups is 1. The first kappa shape index (κ1) is 23.5. The lowest BCUT2D eigenvalue weighted by Gasteiger charge is -2.24. The van der Waals surface area contributed by atoms with Gasteiger partial charge in [0.05, 0.1) is 6.61 Å². The number of hydrogen-bond acceptors (Lipinski definition) is 4. The molecular formula is C23H36FN3O2. The third kappa shape index (κ3) is 5.64. The predicted octanol–water partition coefficient (Wildman–Crippen LogP) is 4.34. The van der Waals surface area contributed by atoms with Crippen molar-refractivity contribution in [2.24, 2.45) is 24.6 Å². The normalized spacial score (nSPS) is 14.6. The Hall–Kier alpha value is -1.79. The molecule has 0 bridgehead atoms. The zero-order chi connectivity index (χ0) is 21.9. The van der Waals surface area contributed by atoms with E-state index in [-0.39, 0.29) is 41.9 Å². The highest BCUT2D eigenvalue weighted by molar-refractivity contribution is 5.96. The number of pyridine rings is 1. The molecule has 2 aromatic rings. The van der Waals surface area contributed by atoms with E-state index in [0.717, 1.165) is 18.5 Å². The summed E-state index contributed by atoms with van der Waals surface area (Å²) in [4.78, 5) is 17.1. The van der Waals surface area contributed by atoms with Gasteiger partial charge in [0, 0.05) is 36.0 Å². The van der Waals surface area contributed by atoms with E-state index in [1.807, 2.05) is 17.7 Å². The number of Topliss-reactive ketones (excluding diaryl/α,β-unsaturated/α-hetero) is 1. The second-order valence-corrected chi connectivity index (χ2v) is 9.62. The van der Waals surface area contributed by atoms with E-state index in [1.165, 1.54) is 6.07 Å². The smallest absolute Gasteiger partial charge is 0.184 e. The van der Waals surface area contributed by atoms with Crippen molar-refractivity contribution < 1.29 is 14.3 Å². The minimum Gasteiger partial charge on any atom is -0.395 e. The maximum Gasteiger partial charge on any atom is 0.184 e. The predicted molar refractivity (Wildman–Crippen MR) is 116 cm³/mol. The Balaban J connectivity index is 2.16. The number of hydrogen-bond donors (Lipinski definition) is 2. The quantitative estimate of drug-likeness (QED) is 0.608. The average molecular weight is 406 g/mol. The number of nitrogens with two attached hydrogens (primary N) is 1. The number of aromatic nitrogens is 2. The molecule has 0 aliphatic carbocycles. The van der Waals surface area contributed by atoms with Gasteiger partial charge >= 0.3 is 0 Å². The first-order chi connectivity index (χ1) is 13.5. The molecule has 0 saturated carbocycles. The Bertz CT molecular complexity index is 852. The molecule has 5 nitrogen and oxygen atoms in total. The molecule has 162 valence electrons. The molecule has 6 heteroatoms. The number of rotatable bonds is 9. The van der Waals surface area contributed by atoms with Crippen molar-refractivity contribution in [3.05, 3.63) is 29.3 Å². The molecule has 2 heterocycles. The second-order valence-electron chi connectivity index (χ2n) is 9.62. The van der Waals surface area contributed by atoms with E-state index in [4.69, 9.17) is 5.73 Å². The average Bonchev–Trinajstić information content (AvgIpc) is 2.95. The van der Waals surface area contributed by atoms with Gasteiger partial charge in [0.25, 0.3) is 0 Å². The van der Waals surface area contributed by atoms with Gasteiger partial charge in [-0.2, -0.15) is 0 Å². The van der Waals surface area contributed by atoms with Crippen LogP contribution in [0.5, 0.6) is 0 Å².